The van der Waals surface area contributed by atoms with Crippen LogP contribution in [-0.2, 0) is 4.79 Å². The number of carboxylic acids is 1. The minimum absolute atomic E-state index is 0.0153. The molecule has 1 N–H and O–H groups in total. The van der Waals surface area contributed by atoms with E-state index in [1.165, 1.54) is 0 Å². The lowest BCUT2D eigenvalue weighted by Crippen LogP contribution is -2.15. The molecule has 4 nitrogen and oxygen atoms in total. The molecule has 20 heavy (non-hydrogen) atoms. The van der Waals surface area contributed by atoms with Crippen LogP contribution < -0.4 is 4.74 Å². The van der Waals surface area contributed by atoms with Gasteiger partial charge in [0, 0.05) is 10.4 Å². The first-order valence-electron chi connectivity index (χ1n) is 6.72. The summed E-state index contributed by atoms with van der Waals surface area (Å²) >= 11 is 3.36. The summed E-state index contributed by atoms with van der Waals surface area (Å²) in [5, 5.41) is 9.02. The SMILES string of the molecule is CCOc1ccc(Br)cc1C(=O)C1CCC(C(=O)O)C1. The Labute approximate surface area is 126 Å². The van der Waals surface area contributed by atoms with Crippen LogP contribution >= 0.6 is 15.9 Å². The van der Waals surface area contributed by atoms with Gasteiger partial charge in [0.2, 0.25) is 0 Å². The van der Waals surface area contributed by atoms with E-state index in [0.29, 0.717) is 37.2 Å². The molecule has 1 aliphatic carbocycles. The first-order chi connectivity index (χ1) is 9.52. The summed E-state index contributed by atoms with van der Waals surface area (Å²) in [6, 6.07) is 5.35. The van der Waals surface area contributed by atoms with Crippen molar-refractivity contribution in [3.05, 3.63) is 28.2 Å². The Balaban J connectivity index is 2.21. The number of carboxylic acid groups (broad SMARTS) is 1. The standard InChI is InChI=1S/C15H17BrO4/c1-2-20-13-6-5-11(16)8-12(13)14(17)9-3-4-10(7-9)15(18)19/h5-6,8-10H,2-4,7H2,1H3,(H,18,19). The second-order valence-corrected chi connectivity index (χ2v) is 5.90. The Morgan fingerprint density at radius 3 is 2.65 bits per heavy atom. The molecule has 2 atom stereocenters. The van der Waals surface area contributed by atoms with Crippen LogP contribution in [0.1, 0.15) is 36.5 Å². The fourth-order valence-electron chi connectivity index (χ4n) is 2.64. The number of aliphatic carboxylic acids is 1. The number of hydrogen-bond donors (Lipinski definition) is 1. The third kappa shape index (κ3) is 3.20. The highest BCUT2D eigenvalue weighted by Gasteiger charge is 2.35. The van der Waals surface area contributed by atoms with Gasteiger partial charge in [0.15, 0.2) is 5.78 Å². The Morgan fingerprint density at radius 1 is 1.35 bits per heavy atom. The Bertz CT molecular complexity index is 527. The zero-order valence-corrected chi connectivity index (χ0v) is 12.9. The van der Waals surface area contributed by atoms with Gasteiger partial charge in [0.1, 0.15) is 5.75 Å². The van der Waals surface area contributed by atoms with E-state index in [1.54, 1.807) is 12.1 Å². The zero-order valence-electron chi connectivity index (χ0n) is 11.3. The third-order valence-electron chi connectivity index (χ3n) is 3.66. The molecule has 2 rings (SSSR count). The third-order valence-corrected chi connectivity index (χ3v) is 4.15. The number of ether oxygens (including phenoxy) is 1. The Kier molecular flexibility index (Phi) is 4.81. The Morgan fingerprint density at radius 2 is 2.05 bits per heavy atom. The Hall–Kier alpha value is -1.36. The number of halogens is 1. The summed E-state index contributed by atoms with van der Waals surface area (Å²) in [6.45, 7) is 2.36. The molecule has 0 heterocycles. The van der Waals surface area contributed by atoms with Gasteiger partial charge in [-0.3, -0.25) is 9.59 Å². The molecule has 1 fully saturated rings. The van der Waals surface area contributed by atoms with E-state index in [0.717, 1.165) is 4.47 Å². The van der Waals surface area contributed by atoms with Gasteiger partial charge >= 0.3 is 5.97 Å². The summed E-state index contributed by atoms with van der Waals surface area (Å²) in [4.78, 5) is 23.6. The van der Waals surface area contributed by atoms with Gasteiger partial charge in [-0.2, -0.15) is 0 Å². The van der Waals surface area contributed by atoms with Gasteiger partial charge in [-0.05, 0) is 44.4 Å². The van der Waals surface area contributed by atoms with E-state index in [-0.39, 0.29) is 11.7 Å². The highest BCUT2D eigenvalue weighted by Crippen LogP contribution is 2.36. The maximum atomic E-state index is 12.6. The number of rotatable bonds is 5. The topological polar surface area (TPSA) is 63.6 Å². The lowest BCUT2D eigenvalue weighted by Gasteiger charge is -2.13. The van der Waals surface area contributed by atoms with E-state index >= 15 is 0 Å². The van der Waals surface area contributed by atoms with Crippen molar-refractivity contribution in [3.63, 3.8) is 0 Å². The van der Waals surface area contributed by atoms with Crippen LogP contribution in [-0.4, -0.2) is 23.5 Å². The molecule has 0 bridgehead atoms. The van der Waals surface area contributed by atoms with Gasteiger partial charge in [-0.15, -0.1) is 0 Å². The van der Waals surface area contributed by atoms with Crippen molar-refractivity contribution in [3.8, 4) is 5.75 Å². The van der Waals surface area contributed by atoms with Gasteiger partial charge in [-0.1, -0.05) is 15.9 Å². The number of Topliss-reactive ketones (excluding diaryl/α,β-unsaturated/α-hetero) is 1. The van der Waals surface area contributed by atoms with Crippen LogP contribution in [0.5, 0.6) is 5.75 Å². The molecule has 0 aliphatic heterocycles. The molecule has 1 aromatic carbocycles. The van der Waals surface area contributed by atoms with Gasteiger partial charge < -0.3 is 9.84 Å². The summed E-state index contributed by atoms with van der Waals surface area (Å²) in [6.07, 6.45) is 1.63. The van der Waals surface area contributed by atoms with E-state index in [9.17, 15) is 9.59 Å². The second kappa shape index (κ2) is 6.39. The van der Waals surface area contributed by atoms with Crippen molar-refractivity contribution in [2.24, 2.45) is 11.8 Å². The first-order valence-corrected chi connectivity index (χ1v) is 7.51. The number of hydrogen-bond acceptors (Lipinski definition) is 3. The van der Waals surface area contributed by atoms with E-state index in [2.05, 4.69) is 15.9 Å². The molecule has 0 saturated heterocycles. The molecule has 1 saturated carbocycles. The lowest BCUT2D eigenvalue weighted by molar-refractivity contribution is -0.141. The smallest absolute Gasteiger partial charge is 0.306 e. The monoisotopic (exact) mass is 340 g/mol. The second-order valence-electron chi connectivity index (χ2n) is 4.98. The van der Waals surface area contributed by atoms with E-state index in [4.69, 9.17) is 9.84 Å². The van der Waals surface area contributed by atoms with Crippen LogP contribution in [0.4, 0.5) is 0 Å². The van der Waals surface area contributed by atoms with Crippen LogP contribution in [0.2, 0.25) is 0 Å². The zero-order chi connectivity index (χ0) is 14.7. The quantitative estimate of drug-likeness (QED) is 0.832. The predicted octanol–water partition coefficient (Wildman–Crippen LogP) is 3.53. The normalized spacial score (nSPS) is 21.7. The van der Waals surface area contributed by atoms with Crippen LogP contribution in [0.25, 0.3) is 0 Å². The highest BCUT2D eigenvalue weighted by molar-refractivity contribution is 9.10. The van der Waals surface area contributed by atoms with Crippen LogP contribution in [0.15, 0.2) is 22.7 Å². The van der Waals surface area contributed by atoms with Gasteiger partial charge in [0.05, 0.1) is 18.1 Å². The molecule has 2 unspecified atom stereocenters. The van der Waals surface area contributed by atoms with Crippen molar-refractivity contribution in [2.45, 2.75) is 26.2 Å². The molecule has 0 aromatic heterocycles. The molecule has 108 valence electrons. The average molecular weight is 341 g/mol. The predicted molar refractivity (Wildman–Crippen MR) is 78.1 cm³/mol. The maximum absolute atomic E-state index is 12.6. The number of carbonyl (C=O) groups is 2. The molecule has 1 aromatic rings. The lowest BCUT2D eigenvalue weighted by atomic mass is 9.94. The van der Waals surface area contributed by atoms with E-state index in [1.807, 2.05) is 13.0 Å². The molecule has 5 heteroatoms. The number of benzene rings is 1. The molecule has 1 aliphatic rings. The summed E-state index contributed by atoms with van der Waals surface area (Å²) in [5.74, 6) is -0.867. The molecule has 0 spiro atoms. The van der Waals surface area contributed by atoms with Crippen molar-refractivity contribution in [1.82, 2.24) is 0 Å². The first kappa shape index (κ1) is 15.0. The number of ketones is 1. The van der Waals surface area contributed by atoms with Gasteiger partial charge in [-0.25, -0.2) is 0 Å². The summed E-state index contributed by atoms with van der Waals surface area (Å²) < 4.78 is 6.31. The fourth-order valence-corrected chi connectivity index (χ4v) is 3.00. The van der Waals surface area contributed by atoms with Crippen molar-refractivity contribution in [2.75, 3.05) is 6.61 Å². The van der Waals surface area contributed by atoms with Crippen molar-refractivity contribution in [1.29, 1.82) is 0 Å². The average Bonchev–Trinajstić information content (AvgIpc) is 2.90. The van der Waals surface area contributed by atoms with Crippen LogP contribution in [0, 0.1) is 11.8 Å². The highest BCUT2D eigenvalue weighted by atomic mass is 79.9. The molecular formula is C15H17BrO4. The maximum Gasteiger partial charge on any atom is 0.306 e. The number of carbonyl (C=O) groups excluding carboxylic acids is 1. The van der Waals surface area contributed by atoms with Crippen molar-refractivity contribution >= 4 is 27.7 Å². The van der Waals surface area contributed by atoms with E-state index < -0.39 is 11.9 Å². The molecular weight excluding hydrogens is 324 g/mol. The summed E-state index contributed by atoms with van der Waals surface area (Å²) in [7, 11) is 0. The minimum Gasteiger partial charge on any atom is -0.493 e. The summed E-state index contributed by atoms with van der Waals surface area (Å²) in [5.41, 5.74) is 0.539. The van der Waals surface area contributed by atoms with Crippen LogP contribution in [0.3, 0.4) is 0 Å². The fraction of sp³-hybridized carbons (Fsp3) is 0.467. The largest absolute Gasteiger partial charge is 0.493 e. The molecule has 0 amide bonds. The minimum atomic E-state index is -0.806. The molecule has 0 radical (unpaired) electrons. The van der Waals surface area contributed by atoms with Crippen molar-refractivity contribution < 1.29 is 19.4 Å². The van der Waals surface area contributed by atoms with Gasteiger partial charge in [0.25, 0.3) is 0 Å².